The summed E-state index contributed by atoms with van der Waals surface area (Å²) in [6, 6.07) is 2.23. The van der Waals surface area contributed by atoms with Crippen LogP contribution in [0, 0.1) is 11.3 Å². The predicted molar refractivity (Wildman–Crippen MR) is 43.9 cm³/mol. The highest BCUT2D eigenvalue weighted by Gasteiger charge is 2.31. The number of rotatable bonds is 1. The molecule has 2 N–H and O–H groups in total. The summed E-state index contributed by atoms with van der Waals surface area (Å²) in [4.78, 5) is 2.12. The molecule has 0 spiro atoms. The van der Waals surface area contributed by atoms with Crippen molar-refractivity contribution in [3.8, 4) is 6.07 Å². The van der Waals surface area contributed by atoms with E-state index in [1.165, 1.54) is 0 Å². The summed E-state index contributed by atoms with van der Waals surface area (Å²) >= 11 is 0. The number of nitrogens with zero attached hydrogens (tertiary/aromatic N) is 2. The Hall–Kier alpha value is -0.590. The number of likely N-dealkylation sites (tertiary alicyclic amines) is 1. The van der Waals surface area contributed by atoms with Gasteiger partial charge in [0, 0.05) is 18.6 Å². The van der Waals surface area contributed by atoms with Crippen LogP contribution in [0.3, 0.4) is 0 Å². The minimum atomic E-state index is -0.0783. The Morgan fingerprint density at radius 2 is 2.36 bits per heavy atom. The summed E-state index contributed by atoms with van der Waals surface area (Å²) in [5.41, 5.74) is 5.83. The van der Waals surface area contributed by atoms with E-state index in [1.54, 1.807) is 0 Å². The van der Waals surface area contributed by atoms with Crippen molar-refractivity contribution in [2.75, 3.05) is 13.1 Å². The van der Waals surface area contributed by atoms with E-state index in [9.17, 15) is 0 Å². The van der Waals surface area contributed by atoms with Crippen molar-refractivity contribution < 1.29 is 0 Å². The van der Waals surface area contributed by atoms with Crippen LogP contribution in [0.1, 0.15) is 20.3 Å². The normalized spacial score (nSPS) is 35.1. The van der Waals surface area contributed by atoms with E-state index >= 15 is 0 Å². The second-order valence-corrected chi connectivity index (χ2v) is 3.68. The highest BCUT2D eigenvalue weighted by atomic mass is 15.2. The van der Waals surface area contributed by atoms with Gasteiger partial charge in [-0.25, -0.2) is 0 Å². The van der Waals surface area contributed by atoms with Crippen molar-refractivity contribution in [1.29, 1.82) is 5.26 Å². The third kappa shape index (κ3) is 1.92. The number of nitriles is 1. The first kappa shape index (κ1) is 8.51. The summed E-state index contributed by atoms with van der Waals surface area (Å²) in [5.74, 6) is 0. The molecule has 3 heteroatoms. The quantitative estimate of drug-likeness (QED) is 0.590. The number of hydrogen-bond acceptors (Lipinski definition) is 3. The van der Waals surface area contributed by atoms with Gasteiger partial charge in [-0.2, -0.15) is 5.26 Å². The molecular formula is C8H15N3. The van der Waals surface area contributed by atoms with Gasteiger partial charge in [0.05, 0.1) is 12.1 Å². The standard InChI is InChI=1S/C8H15N3/c1-7(5-9)11-4-3-8(2,10)6-11/h7H,3-4,6,10H2,1-2H3. The molecule has 0 aliphatic carbocycles. The summed E-state index contributed by atoms with van der Waals surface area (Å²) in [7, 11) is 0. The topological polar surface area (TPSA) is 53.0 Å². The summed E-state index contributed by atoms with van der Waals surface area (Å²) in [6.07, 6.45) is 0.999. The van der Waals surface area contributed by atoms with Crippen LogP contribution in [-0.4, -0.2) is 29.6 Å². The van der Waals surface area contributed by atoms with Gasteiger partial charge in [0.2, 0.25) is 0 Å². The largest absolute Gasteiger partial charge is 0.324 e. The van der Waals surface area contributed by atoms with Crippen LogP contribution in [-0.2, 0) is 0 Å². The van der Waals surface area contributed by atoms with Gasteiger partial charge in [-0.3, -0.25) is 4.90 Å². The van der Waals surface area contributed by atoms with Gasteiger partial charge in [-0.15, -0.1) is 0 Å². The Labute approximate surface area is 67.8 Å². The van der Waals surface area contributed by atoms with Gasteiger partial charge in [-0.05, 0) is 20.3 Å². The monoisotopic (exact) mass is 153 g/mol. The molecule has 3 nitrogen and oxygen atoms in total. The van der Waals surface area contributed by atoms with E-state index in [0.29, 0.717) is 0 Å². The molecule has 1 heterocycles. The molecule has 0 bridgehead atoms. The fraction of sp³-hybridized carbons (Fsp3) is 0.875. The van der Waals surface area contributed by atoms with Crippen LogP contribution in [0.5, 0.6) is 0 Å². The van der Waals surface area contributed by atoms with Gasteiger partial charge in [0.1, 0.15) is 0 Å². The van der Waals surface area contributed by atoms with E-state index in [1.807, 2.05) is 13.8 Å². The molecule has 1 fully saturated rings. The average Bonchev–Trinajstić information content (AvgIpc) is 2.29. The van der Waals surface area contributed by atoms with Gasteiger partial charge < -0.3 is 5.73 Å². The van der Waals surface area contributed by atoms with E-state index < -0.39 is 0 Å². The first-order valence-corrected chi connectivity index (χ1v) is 3.98. The zero-order valence-corrected chi connectivity index (χ0v) is 7.17. The zero-order chi connectivity index (χ0) is 8.48. The molecule has 1 saturated heterocycles. The molecule has 2 unspecified atom stereocenters. The number of nitrogens with two attached hydrogens (primary N) is 1. The van der Waals surface area contributed by atoms with E-state index in [0.717, 1.165) is 19.5 Å². The fourth-order valence-electron chi connectivity index (χ4n) is 1.43. The Morgan fingerprint density at radius 3 is 2.73 bits per heavy atom. The molecule has 1 rings (SSSR count). The minimum Gasteiger partial charge on any atom is -0.324 e. The Morgan fingerprint density at radius 1 is 1.73 bits per heavy atom. The van der Waals surface area contributed by atoms with Crippen molar-refractivity contribution in [3.05, 3.63) is 0 Å². The molecule has 0 radical (unpaired) electrons. The van der Waals surface area contributed by atoms with Crippen LogP contribution < -0.4 is 5.73 Å². The van der Waals surface area contributed by atoms with Gasteiger partial charge in [0.15, 0.2) is 0 Å². The molecule has 0 aromatic heterocycles. The fourth-order valence-corrected chi connectivity index (χ4v) is 1.43. The highest BCUT2D eigenvalue weighted by molar-refractivity contribution is 4.97. The highest BCUT2D eigenvalue weighted by Crippen LogP contribution is 2.19. The van der Waals surface area contributed by atoms with Gasteiger partial charge in [-0.1, -0.05) is 0 Å². The SMILES string of the molecule is CC(C#N)N1CCC(C)(N)C1. The van der Waals surface area contributed by atoms with Crippen LogP contribution in [0.2, 0.25) is 0 Å². The van der Waals surface area contributed by atoms with E-state index in [2.05, 4.69) is 11.0 Å². The van der Waals surface area contributed by atoms with Crippen LogP contribution in [0.4, 0.5) is 0 Å². The molecule has 1 aliphatic heterocycles. The van der Waals surface area contributed by atoms with Gasteiger partial charge in [0.25, 0.3) is 0 Å². The molecule has 2 atom stereocenters. The van der Waals surface area contributed by atoms with Crippen molar-refractivity contribution in [2.24, 2.45) is 5.73 Å². The first-order chi connectivity index (χ1) is 5.05. The lowest BCUT2D eigenvalue weighted by Gasteiger charge is -2.20. The molecule has 62 valence electrons. The second kappa shape index (κ2) is 2.80. The first-order valence-electron chi connectivity index (χ1n) is 3.98. The van der Waals surface area contributed by atoms with Crippen molar-refractivity contribution >= 4 is 0 Å². The lowest BCUT2D eigenvalue weighted by Crippen LogP contribution is -2.41. The molecule has 1 aliphatic rings. The van der Waals surface area contributed by atoms with Crippen LogP contribution in [0.25, 0.3) is 0 Å². The van der Waals surface area contributed by atoms with E-state index in [-0.39, 0.29) is 11.6 Å². The Bertz CT molecular complexity index is 180. The van der Waals surface area contributed by atoms with Crippen molar-refractivity contribution in [2.45, 2.75) is 31.8 Å². The molecule has 0 amide bonds. The lowest BCUT2D eigenvalue weighted by molar-refractivity contribution is 0.287. The zero-order valence-electron chi connectivity index (χ0n) is 7.17. The molecule has 0 saturated carbocycles. The molecule has 11 heavy (non-hydrogen) atoms. The van der Waals surface area contributed by atoms with Gasteiger partial charge >= 0.3 is 0 Å². The third-order valence-electron chi connectivity index (χ3n) is 2.27. The molecule has 0 aromatic carbocycles. The Balaban J connectivity index is 2.50. The number of hydrogen-bond donors (Lipinski definition) is 1. The maximum Gasteiger partial charge on any atom is 0.0950 e. The Kier molecular flexibility index (Phi) is 2.17. The van der Waals surface area contributed by atoms with Crippen molar-refractivity contribution in [3.63, 3.8) is 0 Å². The molecular weight excluding hydrogens is 138 g/mol. The van der Waals surface area contributed by atoms with Crippen molar-refractivity contribution in [1.82, 2.24) is 4.90 Å². The second-order valence-electron chi connectivity index (χ2n) is 3.68. The summed E-state index contributed by atoms with van der Waals surface area (Å²) in [5, 5.41) is 8.63. The smallest absolute Gasteiger partial charge is 0.0950 e. The third-order valence-corrected chi connectivity index (χ3v) is 2.27. The van der Waals surface area contributed by atoms with Crippen LogP contribution >= 0.6 is 0 Å². The molecule has 0 aromatic rings. The van der Waals surface area contributed by atoms with Crippen LogP contribution in [0.15, 0.2) is 0 Å². The van der Waals surface area contributed by atoms with E-state index in [4.69, 9.17) is 11.0 Å². The summed E-state index contributed by atoms with van der Waals surface area (Å²) in [6.45, 7) is 5.77. The maximum atomic E-state index is 8.63. The maximum absolute atomic E-state index is 8.63. The summed E-state index contributed by atoms with van der Waals surface area (Å²) < 4.78 is 0. The average molecular weight is 153 g/mol. The minimum absolute atomic E-state index is 0.0142. The lowest BCUT2D eigenvalue weighted by atomic mass is 10.0. The predicted octanol–water partition coefficient (Wildman–Crippen LogP) is 0.322.